The summed E-state index contributed by atoms with van der Waals surface area (Å²) in [6, 6.07) is 10.5. The number of ether oxygens (including phenoxy) is 2. The average Bonchev–Trinajstić information content (AvgIpc) is 3.02. The van der Waals surface area contributed by atoms with Gasteiger partial charge in [0.2, 0.25) is 11.8 Å². The van der Waals surface area contributed by atoms with Crippen molar-refractivity contribution in [1.29, 1.82) is 0 Å². The molecule has 0 aliphatic carbocycles. The van der Waals surface area contributed by atoms with Crippen molar-refractivity contribution in [3.8, 4) is 11.5 Å². The number of carbonyl (C=O) groups excluding carboxylic acids is 3. The molecular weight excluding hydrogens is 436 g/mol. The largest absolute Gasteiger partial charge is 0.493 e. The van der Waals surface area contributed by atoms with Crippen LogP contribution in [0.25, 0.3) is 0 Å². The number of aromatic carboxylic acids is 1. The molecule has 5 rings (SSSR count). The number of nitrogens with zero attached hydrogens (tertiary/aromatic N) is 1. The Hall–Kier alpha value is -3.79. The molecule has 0 spiro atoms. The lowest BCUT2D eigenvalue weighted by molar-refractivity contribution is -0.132. The fourth-order valence-electron chi connectivity index (χ4n) is 4.42. The zero-order valence-electron chi connectivity index (χ0n) is 16.6. The fraction of sp³-hybridized carbons (Fsp3) is 0.182. The van der Waals surface area contributed by atoms with Crippen LogP contribution in [0.1, 0.15) is 21.8 Å². The highest BCUT2D eigenvalue weighted by Gasteiger charge is 2.58. The maximum Gasteiger partial charge on any atom is 0.342 e. The Morgan fingerprint density at radius 3 is 2.50 bits per heavy atom. The molecule has 3 atom stereocenters. The molecule has 9 nitrogen and oxygen atoms in total. The standard InChI is InChI=1S/C22H16N2O7S/c1-30-12-4-2-3-11-13-14-17(32-18(23)15(13)22(29)31-16(11)12)20(26)24(19(14)25)10-7-5-9(6-8-10)21(27)28/h2-8,13-14,17H,23H2,1H3,(H,27,28)/t13-,14+,17-/m0/s1. The van der Waals surface area contributed by atoms with Gasteiger partial charge in [0.25, 0.3) is 0 Å². The number of benzene rings is 2. The first kappa shape index (κ1) is 20.1. The van der Waals surface area contributed by atoms with E-state index in [1.54, 1.807) is 18.2 Å². The summed E-state index contributed by atoms with van der Waals surface area (Å²) in [4.78, 5) is 51.8. The number of methoxy groups -OCH3 is 1. The number of carbonyl (C=O) groups is 4. The van der Waals surface area contributed by atoms with Crippen molar-refractivity contribution < 1.29 is 33.8 Å². The number of rotatable bonds is 3. The number of hydrogen-bond acceptors (Lipinski definition) is 8. The number of nitrogens with two attached hydrogens (primary N) is 1. The van der Waals surface area contributed by atoms with Crippen molar-refractivity contribution in [2.45, 2.75) is 11.2 Å². The van der Waals surface area contributed by atoms with Crippen molar-refractivity contribution in [3.05, 3.63) is 64.2 Å². The maximum atomic E-state index is 13.5. The first-order valence-corrected chi connectivity index (χ1v) is 10.5. The number of amides is 2. The third-order valence-corrected chi connectivity index (χ3v) is 7.06. The van der Waals surface area contributed by atoms with Crippen molar-refractivity contribution in [2.75, 3.05) is 12.0 Å². The first-order chi connectivity index (χ1) is 15.3. The molecule has 3 aliphatic rings. The third-order valence-electron chi connectivity index (χ3n) is 5.84. The molecule has 0 saturated carbocycles. The highest BCUT2D eigenvalue weighted by atomic mass is 32.2. The molecule has 3 aliphatic heterocycles. The van der Waals surface area contributed by atoms with Crippen LogP contribution in [0.3, 0.4) is 0 Å². The first-order valence-electron chi connectivity index (χ1n) is 9.60. The molecule has 1 fully saturated rings. The summed E-state index contributed by atoms with van der Waals surface area (Å²) in [5.74, 6) is -3.88. The van der Waals surface area contributed by atoms with Gasteiger partial charge in [-0.1, -0.05) is 23.9 Å². The van der Waals surface area contributed by atoms with E-state index in [-0.39, 0.29) is 27.6 Å². The molecule has 2 aromatic carbocycles. The topological polar surface area (TPSA) is 136 Å². The van der Waals surface area contributed by atoms with E-state index in [0.29, 0.717) is 11.3 Å². The third kappa shape index (κ3) is 2.72. The quantitative estimate of drug-likeness (QED) is 0.406. The van der Waals surface area contributed by atoms with E-state index < -0.39 is 40.8 Å². The second-order valence-electron chi connectivity index (χ2n) is 7.45. The number of para-hydroxylation sites is 1. The molecule has 1 saturated heterocycles. The van der Waals surface area contributed by atoms with Gasteiger partial charge in [-0.05, 0) is 30.3 Å². The summed E-state index contributed by atoms with van der Waals surface area (Å²) in [7, 11) is 1.44. The molecular formula is C22H16N2O7S. The van der Waals surface area contributed by atoms with Crippen molar-refractivity contribution in [2.24, 2.45) is 11.7 Å². The number of carboxylic acid groups (broad SMARTS) is 1. The van der Waals surface area contributed by atoms with Gasteiger partial charge in [-0.15, -0.1) is 0 Å². The molecule has 0 aromatic heterocycles. The molecule has 162 valence electrons. The number of hydrogen-bond donors (Lipinski definition) is 2. The predicted molar refractivity (Wildman–Crippen MR) is 113 cm³/mol. The number of carboxylic acids is 1. The Balaban J connectivity index is 1.62. The van der Waals surface area contributed by atoms with E-state index in [9.17, 15) is 19.2 Å². The second kappa shape index (κ2) is 7.13. The zero-order chi connectivity index (χ0) is 22.7. The van der Waals surface area contributed by atoms with Crippen LogP contribution >= 0.6 is 11.8 Å². The molecule has 2 aromatic rings. The van der Waals surface area contributed by atoms with Gasteiger partial charge in [-0.3, -0.25) is 9.59 Å². The molecule has 3 N–H and O–H groups in total. The summed E-state index contributed by atoms with van der Waals surface area (Å²) < 4.78 is 10.8. The van der Waals surface area contributed by atoms with Crippen molar-refractivity contribution >= 4 is 41.2 Å². The predicted octanol–water partition coefficient (Wildman–Crippen LogP) is 1.87. The monoisotopic (exact) mass is 452 g/mol. The highest BCUT2D eigenvalue weighted by Crippen LogP contribution is 2.55. The molecule has 2 amide bonds. The van der Waals surface area contributed by atoms with Crippen LogP contribution in [-0.4, -0.2) is 41.2 Å². The summed E-state index contributed by atoms with van der Waals surface area (Å²) in [5.41, 5.74) is 7.15. The Morgan fingerprint density at radius 1 is 1.12 bits per heavy atom. The van der Waals surface area contributed by atoms with Gasteiger partial charge in [-0.2, -0.15) is 0 Å². The minimum atomic E-state index is -1.12. The highest BCUT2D eigenvalue weighted by molar-refractivity contribution is 8.04. The number of imide groups is 1. The van der Waals surface area contributed by atoms with Gasteiger partial charge in [0, 0.05) is 11.5 Å². The minimum Gasteiger partial charge on any atom is -0.493 e. The number of esters is 1. The van der Waals surface area contributed by atoms with Gasteiger partial charge in [0.1, 0.15) is 5.25 Å². The number of anilines is 1. The zero-order valence-corrected chi connectivity index (χ0v) is 17.4. The summed E-state index contributed by atoms with van der Waals surface area (Å²) >= 11 is 0.968. The summed E-state index contributed by atoms with van der Waals surface area (Å²) in [5, 5.41) is 8.41. The van der Waals surface area contributed by atoms with Gasteiger partial charge in [0.05, 0.1) is 34.9 Å². The van der Waals surface area contributed by atoms with E-state index >= 15 is 0 Å². The van der Waals surface area contributed by atoms with Crippen LogP contribution in [0.2, 0.25) is 0 Å². The SMILES string of the molecule is COc1cccc2c1OC(=O)C1=C(N)S[C@@H]3C(=O)N(c4ccc(C(=O)O)cc4)C(=O)[C@@H]3[C@@H]12. The second-order valence-corrected chi connectivity index (χ2v) is 8.64. The van der Waals surface area contributed by atoms with E-state index in [0.717, 1.165) is 16.7 Å². The Bertz CT molecular complexity index is 1240. The van der Waals surface area contributed by atoms with Crippen LogP contribution in [0.4, 0.5) is 5.69 Å². The van der Waals surface area contributed by atoms with Crippen LogP contribution in [0, 0.1) is 5.92 Å². The van der Waals surface area contributed by atoms with Crippen LogP contribution in [0.5, 0.6) is 11.5 Å². The Kier molecular flexibility index (Phi) is 4.48. The number of thioether (sulfide) groups is 1. The van der Waals surface area contributed by atoms with E-state index in [4.69, 9.17) is 20.3 Å². The van der Waals surface area contributed by atoms with Gasteiger partial charge in [0.15, 0.2) is 11.5 Å². The summed E-state index contributed by atoms with van der Waals surface area (Å²) in [6.07, 6.45) is 0. The molecule has 0 unspecified atom stereocenters. The lowest BCUT2D eigenvalue weighted by Gasteiger charge is -2.36. The lowest BCUT2D eigenvalue weighted by Crippen LogP contribution is -2.39. The summed E-state index contributed by atoms with van der Waals surface area (Å²) in [6.45, 7) is 0. The van der Waals surface area contributed by atoms with E-state index in [1.165, 1.54) is 31.4 Å². The van der Waals surface area contributed by atoms with E-state index in [1.807, 2.05) is 0 Å². The van der Waals surface area contributed by atoms with Crippen molar-refractivity contribution in [1.82, 2.24) is 0 Å². The molecule has 3 heterocycles. The smallest absolute Gasteiger partial charge is 0.342 e. The molecule has 0 radical (unpaired) electrons. The Labute approximate surface area is 185 Å². The van der Waals surface area contributed by atoms with Gasteiger partial charge < -0.3 is 20.3 Å². The van der Waals surface area contributed by atoms with Gasteiger partial charge in [-0.25, -0.2) is 14.5 Å². The van der Waals surface area contributed by atoms with Crippen LogP contribution in [0.15, 0.2) is 53.1 Å². The van der Waals surface area contributed by atoms with Crippen LogP contribution in [-0.2, 0) is 14.4 Å². The van der Waals surface area contributed by atoms with Gasteiger partial charge >= 0.3 is 11.9 Å². The average molecular weight is 452 g/mol. The molecule has 32 heavy (non-hydrogen) atoms. The number of fused-ring (bicyclic) bond motifs is 5. The Morgan fingerprint density at radius 2 is 1.84 bits per heavy atom. The van der Waals surface area contributed by atoms with E-state index in [2.05, 4.69) is 0 Å². The normalized spacial score (nSPS) is 24.0. The molecule has 0 bridgehead atoms. The van der Waals surface area contributed by atoms with Crippen molar-refractivity contribution in [3.63, 3.8) is 0 Å². The van der Waals surface area contributed by atoms with Crippen LogP contribution < -0.4 is 20.1 Å². The minimum absolute atomic E-state index is 0.0314. The maximum absolute atomic E-state index is 13.5. The lowest BCUT2D eigenvalue weighted by atomic mass is 9.77. The molecule has 10 heteroatoms. The fourth-order valence-corrected chi connectivity index (χ4v) is 5.66.